The number of carbonyl (C=O) groups is 2. The lowest BCUT2D eigenvalue weighted by Gasteiger charge is -2.48. The van der Waals surface area contributed by atoms with Gasteiger partial charge in [0, 0.05) is 18.4 Å². The number of hydrogen-bond donors (Lipinski definition) is 7. The third-order valence-corrected chi connectivity index (χ3v) is 15.4. The first-order chi connectivity index (χ1) is 35.9. The minimum atomic E-state index is -4.34. The van der Waals surface area contributed by atoms with E-state index in [1.807, 2.05) is 31.2 Å². The predicted octanol–water partition coefficient (Wildman–Crippen LogP) is 3.35. The van der Waals surface area contributed by atoms with Crippen LogP contribution in [0.25, 0.3) is 0 Å². The van der Waals surface area contributed by atoms with Gasteiger partial charge in [0.15, 0.2) is 18.9 Å². The fourth-order valence-corrected chi connectivity index (χ4v) is 10.5. The zero-order valence-electron chi connectivity index (χ0n) is 42.6. The van der Waals surface area contributed by atoms with E-state index in [0.717, 1.165) is 16.7 Å². The van der Waals surface area contributed by atoms with Gasteiger partial charge in [-0.15, -0.1) is 6.58 Å². The molecule has 3 aliphatic heterocycles. The molecule has 0 unspecified atom stereocenters. The summed E-state index contributed by atoms with van der Waals surface area (Å²) in [6.07, 6.45) is -18.9. The Labute approximate surface area is 437 Å². The summed E-state index contributed by atoms with van der Waals surface area (Å²) in [7, 11) is -4.34. The van der Waals surface area contributed by atoms with Crippen LogP contribution in [0, 0.1) is 24.7 Å². The number of rotatable bonds is 21. The van der Waals surface area contributed by atoms with Gasteiger partial charge in [0.1, 0.15) is 62.0 Å². The molecule has 3 saturated heterocycles. The number of aliphatic hydroxyl groups excluding tert-OH is 5. The summed E-state index contributed by atoms with van der Waals surface area (Å²) in [5, 5.41) is 62.5. The summed E-state index contributed by atoms with van der Waals surface area (Å²) < 4.78 is 88.0. The Balaban J connectivity index is 1.11. The third kappa shape index (κ3) is 14.7. The van der Waals surface area contributed by atoms with Crippen molar-refractivity contribution >= 4 is 22.3 Å². The summed E-state index contributed by atoms with van der Waals surface area (Å²) in [6, 6.07) is 23.1. The van der Waals surface area contributed by atoms with Crippen LogP contribution in [0.15, 0.2) is 102 Å². The van der Waals surface area contributed by atoms with Gasteiger partial charge < -0.3 is 78.8 Å². The molecule has 3 heterocycles. The molecule has 0 aromatic heterocycles. The SMILES string of the molecule is C=CCO[C@H]1[C@H](O[C@@H]2[C@@H](O)[C@H](C)C[C@H](NC(=O)OCc3ccccc3)[C@H]2O[C@H]2O[C@H](COS(=O)(=O)c3ccc(C)cc3)[C@@H](O)[C@H](O)[C@H]2C)O[C@H](CC)[C@H]1O[C@H]1O[C@@H](CNC(=O)OCc2ccccc2)[C@@H](O)[C@H](O)[C@H]1C. The highest BCUT2D eigenvalue weighted by molar-refractivity contribution is 7.86. The minimum absolute atomic E-state index is 0.00394. The molecule has 21 nitrogen and oxygen atoms in total. The quantitative estimate of drug-likeness (QED) is 0.0595. The molecule has 2 amide bonds. The van der Waals surface area contributed by atoms with Gasteiger partial charge in [-0.25, -0.2) is 9.59 Å². The molecule has 19 atom stereocenters. The summed E-state index contributed by atoms with van der Waals surface area (Å²) >= 11 is 0. The standard InChI is InChI=1S/C53H72N2O19S/c1-7-23-65-48-46(73-49-31(5)41(57)43(59)38(70-49)25-54-52(61)66-26-33-15-11-9-12-16-33)37(8-2)69-51(48)74-47-40(56)30(4)24-36(55-53(62)67-27-34-17-13-10-14-18-34)45(47)72-50-32(6)42(58)44(60)39(71-50)28-68-75(63,64)35-21-19-29(3)20-22-35/h7,9-22,30-32,36-51,56-60H,1,8,23-28H2,2-6H3,(H,54,61)(H,55,62)/t30-,31-,32-,36+,37-,38+,39-,40+,41-,42-,43-,44-,45-,46-,47-,48-,49-,50-,51+/m1/s1. The van der Waals surface area contributed by atoms with Gasteiger partial charge in [0.2, 0.25) is 0 Å². The number of aliphatic hydroxyl groups is 5. The molecule has 4 fully saturated rings. The number of aryl methyl sites for hydroxylation is 1. The van der Waals surface area contributed by atoms with Crippen LogP contribution < -0.4 is 10.6 Å². The molecule has 0 radical (unpaired) electrons. The molecular formula is C53H72N2O19S. The molecule has 1 saturated carbocycles. The van der Waals surface area contributed by atoms with E-state index >= 15 is 0 Å². The van der Waals surface area contributed by atoms with Crippen LogP contribution in [0.5, 0.6) is 0 Å². The molecule has 7 N–H and O–H groups in total. The molecule has 414 valence electrons. The van der Waals surface area contributed by atoms with Crippen molar-refractivity contribution in [1.29, 1.82) is 0 Å². The molecule has 7 rings (SSSR count). The van der Waals surface area contributed by atoms with Crippen LogP contribution in [0.4, 0.5) is 9.59 Å². The van der Waals surface area contributed by atoms with E-state index in [-0.39, 0.29) is 37.7 Å². The lowest BCUT2D eigenvalue weighted by molar-refractivity contribution is -0.324. The number of amides is 2. The summed E-state index contributed by atoms with van der Waals surface area (Å²) in [4.78, 5) is 26.2. The first-order valence-corrected chi connectivity index (χ1v) is 26.7. The molecule has 4 aliphatic rings. The Hall–Kier alpha value is -4.63. The first kappa shape index (κ1) is 58.1. The number of alkyl carbamates (subject to hydrolysis) is 2. The maximum absolute atomic E-state index is 13.6. The molecule has 1 aliphatic carbocycles. The number of carbonyl (C=O) groups excluding carboxylic acids is 2. The molecule has 22 heteroatoms. The zero-order chi connectivity index (χ0) is 54.0. The Morgan fingerprint density at radius 2 is 1.20 bits per heavy atom. The van der Waals surface area contributed by atoms with Crippen LogP contribution in [-0.2, 0) is 70.1 Å². The average Bonchev–Trinajstić information content (AvgIpc) is 3.73. The van der Waals surface area contributed by atoms with Gasteiger partial charge in [-0.1, -0.05) is 112 Å². The average molecular weight is 1070 g/mol. The minimum Gasteiger partial charge on any atom is -0.445 e. The van der Waals surface area contributed by atoms with E-state index < -0.39 is 145 Å². The van der Waals surface area contributed by atoms with Gasteiger partial charge in [0.05, 0.1) is 48.6 Å². The Morgan fingerprint density at radius 3 is 1.79 bits per heavy atom. The molecular weight excluding hydrogens is 1000 g/mol. The normalized spacial score (nSPS) is 35.0. The highest BCUT2D eigenvalue weighted by Crippen LogP contribution is 2.40. The number of nitrogens with one attached hydrogen (secondary N) is 2. The lowest BCUT2D eigenvalue weighted by Crippen LogP contribution is -2.64. The number of ether oxygens (including phenoxy) is 9. The maximum Gasteiger partial charge on any atom is 0.407 e. The predicted molar refractivity (Wildman–Crippen MR) is 265 cm³/mol. The molecule has 3 aromatic rings. The summed E-state index contributed by atoms with van der Waals surface area (Å²) in [6.45, 7) is 11.3. The van der Waals surface area contributed by atoms with Crippen LogP contribution in [0.1, 0.15) is 57.2 Å². The van der Waals surface area contributed by atoms with Crippen LogP contribution in [-0.4, -0.2) is 164 Å². The summed E-state index contributed by atoms with van der Waals surface area (Å²) in [5.74, 6) is -2.35. The number of benzene rings is 3. The van der Waals surface area contributed by atoms with E-state index in [1.54, 1.807) is 76.2 Å². The van der Waals surface area contributed by atoms with Crippen molar-refractivity contribution in [1.82, 2.24) is 10.6 Å². The topological polar surface area (TPSA) is 286 Å². The zero-order valence-corrected chi connectivity index (χ0v) is 43.5. The van der Waals surface area contributed by atoms with Crippen molar-refractivity contribution < 1.29 is 90.4 Å². The Morgan fingerprint density at radius 1 is 0.667 bits per heavy atom. The van der Waals surface area contributed by atoms with Crippen molar-refractivity contribution in [2.75, 3.05) is 19.8 Å². The van der Waals surface area contributed by atoms with Gasteiger partial charge in [-0.3, -0.25) is 4.18 Å². The van der Waals surface area contributed by atoms with Crippen molar-refractivity contribution in [3.05, 3.63) is 114 Å². The monoisotopic (exact) mass is 1070 g/mol. The highest BCUT2D eigenvalue weighted by atomic mass is 32.2. The fourth-order valence-electron chi connectivity index (χ4n) is 9.57. The van der Waals surface area contributed by atoms with E-state index in [9.17, 15) is 43.5 Å². The van der Waals surface area contributed by atoms with Crippen molar-refractivity contribution in [3.8, 4) is 0 Å². The van der Waals surface area contributed by atoms with Gasteiger partial charge in [-0.2, -0.15) is 8.42 Å². The summed E-state index contributed by atoms with van der Waals surface area (Å²) in [5.41, 5.74) is 2.31. The van der Waals surface area contributed by atoms with Crippen LogP contribution in [0.2, 0.25) is 0 Å². The molecule has 0 bridgehead atoms. The Kier molecular flexibility index (Phi) is 20.6. The maximum atomic E-state index is 13.6. The molecule has 75 heavy (non-hydrogen) atoms. The second kappa shape index (κ2) is 26.6. The van der Waals surface area contributed by atoms with Gasteiger partial charge in [0.25, 0.3) is 10.1 Å². The van der Waals surface area contributed by atoms with E-state index in [0.29, 0.717) is 6.42 Å². The fraction of sp³-hybridized carbons (Fsp3) is 0.585. The Bertz CT molecular complexity index is 2390. The van der Waals surface area contributed by atoms with Crippen molar-refractivity contribution in [2.24, 2.45) is 17.8 Å². The smallest absolute Gasteiger partial charge is 0.407 e. The van der Waals surface area contributed by atoms with Crippen molar-refractivity contribution in [3.63, 3.8) is 0 Å². The lowest BCUT2D eigenvalue weighted by atomic mass is 9.80. The molecule has 0 spiro atoms. The van der Waals surface area contributed by atoms with Crippen molar-refractivity contribution in [2.45, 2.75) is 164 Å². The highest BCUT2D eigenvalue weighted by Gasteiger charge is 2.55. The van der Waals surface area contributed by atoms with Gasteiger partial charge >= 0.3 is 12.2 Å². The van der Waals surface area contributed by atoms with Crippen LogP contribution >= 0.6 is 0 Å². The largest absolute Gasteiger partial charge is 0.445 e. The van der Waals surface area contributed by atoms with Crippen LogP contribution in [0.3, 0.4) is 0 Å². The van der Waals surface area contributed by atoms with E-state index in [2.05, 4.69) is 17.2 Å². The molecule has 3 aromatic carbocycles. The second-order valence-electron chi connectivity index (χ2n) is 19.6. The third-order valence-electron chi connectivity index (χ3n) is 14.1. The van der Waals surface area contributed by atoms with E-state index in [1.165, 1.54) is 18.2 Å². The second-order valence-corrected chi connectivity index (χ2v) is 21.2. The van der Waals surface area contributed by atoms with E-state index in [4.69, 9.17) is 46.8 Å². The number of hydrogen-bond acceptors (Lipinski definition) is 19. The first-order valence-electron chi connectivity index (χ1n) is 25.3. The van der Waals surface area contributed by atoms with Gasteiger partial charge in [-0.05, 0) is 48.9 Å².